The summed E-state index contributed by atoms with van der Waals surface area (Å²) in [5.41, 5.74) is 1.81. The van der Waals surface area contributed by atoms with E-state index in [4.69, 9.17) is 0 Å². The van der Waals surface area contributed by atoms with Crippen LogP contribution in [0.1, 0.15) is 19.5 Å². The number of nitrogens with zero attached hydrogens (tertiary/aromatic N) is 3. The number of nitrogens with one attached hydrogen (secondary N) is 2. The Kier molecular flexibility index (Phi) is 6.87. The maximum atomic E-state index is 13.0. The number of thioether (sulfide) groups is 1. The van der Waals surface area contributed by atoms with Gasteiger partial charge in [0.2, 0.25) is 0 Å². The Balaban J connectivity index is 1.82. The molecule has 0 amide bonds. The predicted molar refractivity (Wildman–Crippen MR) is 104 cm³/mol. The first-order valence-corrected chi connectivity index (χ1v) is 9.46. The SMILES string of the molecule is CN=C(NCCc1ccn(-c2ccc(F)cc2)n1)NCC(C)(C)SC. The molecule has 1 aromatic heterocycles. The zero-order chi connectivity index (χ0) is 18.3. The number of benzene rings is 1. The minimum absolute atomic E-state index is 0.158. The zero-order valence-electron chi connectivity index (χ0n) is 15.2. The van der Waals surface area contributed by atoms with Crippen LogP contribution in [-0.4, -0.2) is 46.9 Å². The number of aromatic nitrogens is 2. The first-order valence-electron chi connectivity index (χ1n) is 8.24. The lowest BCUT2D eigenvalue weighted by atomic mass is 10.2. The van der Waals surface area contributed by atoms with Crippen LogP contribution in [0.2, 0.25) is 0 Å². The molecule has 0 aliphatic heterocycles. The first-order chi connectivity index (χ1) is 11.9. The summed E-state index contributed by atoms with van der Waals surface area (Å²) in [7, 11) is 1.77. The molecule has 0 radical (unpaired) electrons. The van der Waals surface area contributed by atoms with Crippen molar-refractivity contribution < 1.29 is 4.39 Å². The summed E-state index contributed by atoms with van der Waals surface area (Å²) >= 11 is 1.82. The molecule has 0 atom stereocenters. The third kappa shape index (κ3) is 6.08. The standard InChI is InChI=1S/C18H26FN5S/c1-18(2,25-4)13-22-17(20-3)21-11-9-15-10-12-24(23-15)16-7-5-14(19)6-8-16/h5-8,10,12H,9,11,13H2,1-4H3,(H2,20,21,22). The van der Waals surface area contributed by atoms with Crippen molar-refractivity contribution in [2.75, 3.05) is 26.4 Å². The molecule has 5 nitrogen and oxygen atoms in total. The monoisotopic (exact) mass is 363 g/mol. The number of hydrogen-bond donors (Lipinski definition) is 2. The Morgan fingerprint density at radius 3 is 2.60 bits per heavy atom. The molecular weight excluding hydrogens is 337 g/mol. The van der Waals surface area contributed by atoms with Crippen molar-refractivity contribution in [2.24, 2.45) is 4.99 Å². The van der Waals surface area contributed by atoms with Gasteiger partial charge in [0.1, 0.15) is 5.82 Å². The van der Waals surface area contributed by atoms with Gasteiger partial charge >= 0.3 is 0 Å². The molecule has 0 fully saturated rings. The van der Waals surface area contributed by atoms with Crippen LogP contribution in [0.3, 0.4) is 0 Å². The van der Waals surface area contributed by atoms with Crippen LogP contribution in [0, 0.1) is 5.82 Å². The van der Waals surface area contributed by atoms with Gasteiger partial charge in [0.25, 0.3) is 0 Å². The van der Waals surface area contributed by atoms with E-state index in [1.54, 1.807) is 23.9 Å². The Morgan fingerprint density at radius 2 is 1.96 bits per heavy atom. The Labute approximate surface area is 153 Å². The predicted octanol–water partition coefficient (Wildman–Crippen LogP) is 2.86. The molecule has 0 saturated heterocycles. The molecule has 2 rings (SSSR count). The highest BCUT2D eigenvalue weighted by molar-refractivity contribution is 7.99. The van der Waals surface area contributed by atoms with E-state index in [1.807, 2.05) is 24.0 Å². The molecule has 0 saturated carbocycles. The molecule has 1 heterocycles. The molecular formula is C18H26FN5S. The molecule has 2 aromatic rings. The number of rotatable bonds is 7. The highest BCUT2D eigenvalue weighted by atomic mass is 32.2. The third-order valence-electron chi connectivity index (χ3n) is 3.87. The molecule has 1 aromatic carbocycles. The molecule has 0 spiro atoms. The van der Waals surface area contributed by atoms with Gasteiger partial charge in [-0.2, -0.15) is 16.9 Å². The largest absolute Gasteiger partial charge is 0.356 e. The molecule has 0 aliphatic rings. The quantitative estimate of drug-likeness (QED) is 0.587. The van der Waals surface area contributed by atoms with Crippen LogP contribution in [0.4, 0.5) is 4.39 Å². The number of hydrogen-bond acceptors (Lipinski definition) is 3. The van der Waals surface area contributed by atoms with E-state index >= 15 is 0 Å². The summed E-state index contributed by atoms with van der Waals surface area (Å²) < 4.78 is 14.9. The second-order valence-electron chi connectivity index (χ2n) is 6.29. The molecule has 136 valence electrons. The molecule has 0 unspecified atom stereocenters. The van der Waals surface area contributed by atoms with Gasteiger partial charge in [0.05, 0.1) is 11.4 Å². The third-order valence-corrected chi connectivity index (χ3v) is 5.12. The van der Waals surface area contributed by atoms with Crippen molar-refractivity contribution in [1.29, 1.82) is 0 Å². The van der Waals surface area contributed by atoms with Crippen LogP contribution < -0.4 is 10.6 Å². The minimum Gasteiger partial charge on any atom is -0.356 e. The highest BCUT2D eigenvalue weighted by Crippen LogP contribution is 2.19. The zero-order valence-corrected chi connectivity index (χ0v) is 16.0. The highest BCUT2D eigenvalue weighted by Gasteiger charge is 2.16. The fourth-order valence-corrected chi connectivity index (χ4v) is 2.35. The van der Waals surface area contributed by atoms with Crippen LogP contribution in [-0.2, 0) is 6.42 Å². The Bertz CT molecular complexity index is 694. The van der Waals surface area contributed by atoms with E-state index in [1.165, 1.54) is 12.1 Å². The van der Waals surface area contributed by atoms with Gasteiger partial charge in [-0.25, -0.2) is 9.07 Å². The van der Waals surface area contributed by atoms with Crippen molar-refractivity contribution in [1.82, 2.24) is 20.4 Å². The Hall–Kier alpha value is -2.02. The van der Waals surface area contributed by atoms with Gasteiger partial charge < -0.3 is 10.6 Å². The molecule has 7 heteroatoms. The van der Waals surface area contributed by atoms with Crippen molar-refractivity contribution >= 4 is 17.7 Å². The normalized spacial score (nSPS) is 12.3. The van der Waals surface area contributed by atoms with Crippen molar-refractivity contribution in [3.05, 3.63) is 48.0 Å². The van der Waals surface area contributed by atoms with Gasteiger partial charge in [-0.15, -0.1) is 0 Å². The fourth-order valence-electron chi connectivity index (χ4n) is 2.13. The van der Waals surface area contributed by atoms with Gasteiger partial charge in [-0.05, 0) is 50.4 Å². The Morgan fingerprint density at radius 1 is 1.24 bits per heavy atom. The average Bonchev–Trinajstić information content (AvgIpc) is 3.07. The topological polar surface area (TPSA) is 54.2 Å². The van der Waals surface area contributed by atoms with Crippen molar-refractivity contribution in [2.45, 2.75) is 25.0 Å². The van der Waals surface area contributed by atoms with Crippen molar-refractivity contribution in [3.8, 4) is 5.69 Å². The first kappa shape index (κ1) is 19.3. The van der Waals surface area contributed by atoms with E-state index in [2.05, 4.69) is 40.8 Å². The molecule has 0 bridgehead atoms. The minimum atomic E-state index is -0.246. The van der Waals surface area contributed by atoms with E-state index in [0.29, 0.717) is 0 Å². The van der Waals surface area contributed by atoms with Crippen LogP contribution in [0.5, 0.6) is 0 Å². The van der Waals surface area contributed by atoms with Gasteiger partial charge in [0.15, 0.2) is 5.96 Å². The summed E-state index contributed by atoms with van der Waals surface area (Å²) in [5, 5.41) is 11.2. The summed E-state index contributed by atoms with van der Waals surface area (Å²) in [6.45, 7) is 5.97. The number of guanidine groups is 1. The second kappa shape index (κ2) is 8.89. The van der Waals surface area contributed by atoms with Crippen LogP contribution in [0.25, 0.3) is 5.69 Å². The molecule has 25 heavy (non-hydrogen) atoms. The van der Waals surface area contributed by atoms with Crippen LogP contribution >= 0.6 is 11.8 Å². The summed E-state index contributed by atoms with van der Waals surface area (Å²) in [5.74, 6) is 0.545. The fraction of sp³-hybridized carbons (Fsp3) is 0.444. The van der Waals surface area contributed by atoms with E-state index in [0.717, 1.165) is 36.9 Å². The van der Waals surface area contributed by atoms with Crippen LogP contribution in [0.15, 0.2) is 41.5 Å². The summed E-state index contributed by atoms with van der Waals surface area (Å²) in [6.07, 6.45) is 4.77. The molecule has 2 N–H and O–H groups in total. The maximum Gasteiger partial charge on any atom is 0.191 e. The maximum absolute atomic E-state index is 13.0. The smallest absolute Gasteiger partial charge is 0.191 e. The van der Waals surface area contributed by atoms with Gasteiger partial charge in [0, 0.05) is 37.5 Å². The van der Waals surface area contributed by atoms with E-state index in [-0.39, 0.29) is 10.6 Å². The van der Waals surface area contributed by atoms with Gasteiger partial charge in [-0.1, -0.05) is 0 Å². The van der Waals surface area contributed by atoms with E-state index < -0.39 is 0 Å². The van der Waals surface area contributed by atoms with Crippen molar-refractivity contribution in [3.63, 3.8) is 0 Å². The van der Waals surface area contributed by atoms with E-state index in [9.17, 15) is 4.39 Å². The lowest BCUT2D eigenvalue weighted by Crippen LogP contribution is -2.43. The number of halogens is 1. The summed E-state index contributed by atoms with van der Waals surface area (Å²) in [4.78, 5) is 4.24. The molecule has 0 aliphatic carbocycles. The number of aliphatic imine (C=N–C) groups is 1. The average molecular weight is 364 g/mol. The van der Waals surface area contributed by atoms with Gasteiger partial charge in [-0.3, -0.25) is 4.99 Å². The second-order valence-corrected chi connectivity index (χ2v) is 7.81. The lowest BCUT2D eigenvalue weighted by Gasteiger charge is -2.23. The summed E-state index contributed by atoms with van der Waals surface area (Å²) in [6, 6.07) is 8.26. The lowest BCUT2D eigenvalue weighted by molar-refractivity contribution is 0.627.